The van der Waals surface area contributed by atoms with Crippen molar-refractivity contribution in [1.82, 2.24) is 25.3 Å². The number of likely N-dealkylation sites (tertiary alicyclic amines) is 1. The van der Waals surface area contributed by atoms with Crippen molar-refractivity contribution in [2.45, 2.75) is 32.4 Å². The van der Waals surface area contributed by atoms with Crippen LogP contribution in [0.2, 0.25) is 0 Å². The van der Waals surface area contributed by atoms with E-state index in [1.807, 2.05) is 12.3 Å². The fraction of sp³-hybridized carbons (Fsp3) is 0.588. The van der Waals surface area contributed by atoms with E-state index in [1.165, 1.54) is 37.2 Å². The van der Waals surface area contributed by atoms with E-state index in [-0.39, 0.29) is 0 Å². The second kappa shape index (κ2) is 5.92. The first-order valence-electron chi connectivity index (χ1n) is 8.44. The highest BCUT2D eigenvalue weighted by Gasteiger charge is 2.44. The smallest absolute Gasteiger partial charge is 0.151 e. The number of fused-ring (bicyclic) bond motifs is 1. The first-order valence-corrected chi connectivity index (χ1v) is 8.44. The molecule has 122 valence electrons. The number of nitrogens with one attached hydrogen (secondary N) is 1. The Morgan fingerprint density at radius 1 is 1.35 bits per heavy atom. The predicted molar refractivity (Wildman–Crippen MR) is 89.0 cm³/mol. The van der Waals surface area contributed by atoms with Gasteiger partial charge in [0.25, 0.3) is 0 Å². The van der Waals surface area contributed by atoms with Crippen LogP contribution in [-0.4, -0.2) is 51.5 Å². The van der Waals surface area contributed by atoms with Gasteiger partial charge in [0.15, 0.2) is 5.82 Å². The molecule has 0 aromatic carbocycles. The summed E-state index contributed by atoms with van der Waals surface area (Å²) in [6.07, 6.45) is 6.29. The Labute approximate surface area is 136 Å². The third-order valence-electron chi connectivity index (χ3n) is 5.64. The van der Waals surface area contributed by atoms with E-state index >= 15 is 0 Å². The summed E-state index contributed by atoms with van der Waals surface area (Å²) >= 11 is 0. The van der Waals surface area contributed by atoms with Crippen LogP contribution in [0.4, 0.5) is 5.82 Å². The van der Waals surface area contributed by atoms with Gasteiger partial charge >= 0.3 is 0 Å². The Bertz CT molecular complexity index is 654. The Morgan fingerprint density at radius 3 is 3.00 bits per heavy atom. The minimum atomic E-state index is 0.576. The van der Waals surface area contributed by atoms with Gasteiger partial charge < -0.3 is 4.90 Å². The number of anilines is 1. The molecule has 2 aromatic rings. The number of hydrogen-bond acceptors (Lipinski definition) is 5. The third kappa shape index (κ3) is 2.72. The van der Waals surface area contributed by atoms with E-state index in [2.05, 4.69) is 50.2 Å². The Balaban J connectivity index is 1.44. The summed E-state index contributed by atoms with van der Waals surface area (Å²) in [5.41, 5.74) is 2.51. The van der Waals surface area contributed by atoms with Crippen molar-refractivity contribution in [3.8, 4) is 0 Å². The van der Waals surface area contributed by atoms with Crippen LogP contribution in [0.15, 0.2) is 24.5 Å². The summed E-state index contributed by atoms with van der Waals surface area (Å²) < 4.78 is 0. The number of aromatic nitrogens is 4. The Kier molecular flexibility index (Phi) is 3.77. The maximum atomic E-state index is 4.28. The molecule has 0 bridgehead atoms. The molecule has 1 aliphatic heterocycles. The van der Waals surface area contributed by atoms with E-state index in [1.54, 1.807) is 6.20 Å². The van der Waals surface area contributed by atoms with Crippen LogP contribution in [-0.2, 0) is 6.54 Å². The molecule has 1 saturated heterocycles. The van der Waals surface area contributed by atoms with Crippen LogP contribution in [0.5, 0.6) is 0 Å². The molecule has 1 saturated carbocycles. The van der Waals surface area contributed by atoms with Gasteiger partial charge in [0.2, 0.25) is 0 Å². The van der Waals surface area contributed by atoms with E-state index in [9.17, 15) is 0 Å². The third-order valence-corrected chi connectivity index (χ3v) is 5.64. The van der Waals surface area contributed by atoms with Crippen LogP contribution < -0.4 is 4.90 Å². The molecule has 1 aliphatic carbocycles. The highest BCUT2D eigenvalue weighted by molar-refractivity contribution is 5.37. The van der Waals surface area contributed by atoms with Crippen molar-refractivity contribution in [3.05, 3.63) is 35.8 Å². The molecule has 0 amide bonds. The minimum absolute atomic E-state index is 0.576. The maximum Gasteiger partial charge on any atom is 0.151 e. The van der Waals surface area contributed by atoms with E-state index in [0.717, 1.165) is 24.2 Å². The fourth-order valence-corrected chi connectivity index (χ4v) is 4.37. The SMILES string of the molecule is Cc1[nH]ncc1CN1C[C@H]2CC[C@@H](N(C)c3cccnn3)[C@H]2C1. The van der Waals surface area contributed by atoms with Gasteiger partial charge in [0.05, 0.1) is 6.20 Å². The fourth-order valence-electron chi connectivity index (χ4n) is 4.37. The van der Waals surface area contributed by atoms with Crippen molar-refractivity contribution in [1.29, 1.82) is 0 Å². The standard InChI is InChI=1S/C17H24N6/c1-12-14(8-19-20-12)10-23-9-13-5-6-16(15(13)11-23)22(2)17-4-3-7-18-21-17/h3-4,7-8,13,15-16H,5-6,9-11H2,1-2H3,(H,19,20)/t13-,15+,16-/m1/s1. The normalized spacial score (nSPS) is 27.3. The van der Waals surface area contributed by atoms with Gasteiger partial charge in [-0.2, -0.15) is 10.2 Å². The molecule has 2 fully saturated rings. The molecule has 2 aliphatic rings. The van der Waals surface area contributed by atoms with Crippen LogP contribution in [0, 0.1) is 18.8 Å². The largest absolute Gasteiger partial charge is 0.355 e. The number of aromatic amines is 1. The molecule has 3 heterocycles. The van der Waals surface area contributed by atoms with Crippen molar-refractivity contribution in [2.75, 3.05) is 25.0 Å². The summed E-state index contributed by atoms with van der Waals surface area (Å²) in [4.78, 5) is 4.92. The molecular formula is C17H24N6. The maximum absolute atomic E-state index is 4.28. The number of H-pyrrole nitrogens is 1. The van der Waals surface area contributed by atoms with Gasteiger partial charge in [-0.15, -0.1) is 5.10 Å². The lowest BCUT2D eigenvalue weighted by Gasteiger charge is -2.30. The van der Waals surface area contributed by atoms with Crippen molar-refractivity contribution >= 4 is 5.82 Å². The predicted octanol–water partition coefficient (Wildman–Crippen LogP) is 1.85. The molecule has 6 nitrogen and oxygen atoms in total. The second-order valence-electron chi connectivity index (χ2n) is 6.98. The zero-order valence-corrected chi connectivity index (χ0v) is 13.8. The van der Waals surface area contributed by atoms with Crippen molar-refractivity contribution < 1.29 is 0 Å². The van der Waals surface area contributed by atoms with Gasteiger partial charge in [-0.1, -0.05) is 0 Å². The second-order valence-corrected chi connectivity index (χ2v) is 6.98. The van der Waals surface area contributed by atoms with Crippen LogP contribution >= 0.6 is 0 Å². The molecule has 23 heavy (non-hydrogen) atoms. The molecule has 0 spiro atoms. The van der Waals surface area contributed by atoms with E-state index in [0.29, 0.717) is 6.04 Å². The average molecular weight is 312 g/mol. The van der Waals surface area contributed by atoms with E-state index < -0.39 is 0 Å². The number of hydrogen-bond donors (Lipinski definition) is 1. The summed E-state index contributed by atoms with van der Waals surface area (Å²) in [5, 5.41) is 15.5. The van der Waals surface area contributed by atoms with E-state index in [4.69, 9.17) is 0 Å². The first-order chi connectivity index (χ1) is 11.2. The van der Waals surface area contributed by atoms with Crippen LogP contribution in [0.3, 0.4) is 0 Å². The molecular weight excluding hydrogens is 288 g/mol. The first kappa shape index (κ1) is 14.6. The summed E-state index contributed by atoms with van der Waals surface area (Å²) in [6, 6.07) is 4.60. The molecule has 3 atom stereocenters. The van der Waals surface area contributed by atoms with Gasteiger partial charge in [0.1, 0.15) is 0 Å². The van der Waals surface area contributed by atoms with Gasteiger partial charge in [-0.3, -0.25) is 10.00 Å². The highest BCUT2D eigenvalue weighted by atomic mass is 15.3. The van der Waals surface area contributed by atoms with Crippen LogP contribution in [0.1, 0.15) is 24.1 Å². The Hall–Kier alpha value is -1.95. The van der Waals surface area contributed by atoms with Crippen molar-refractivity contribution in [2.24, 2.45) is 11.8 Å². The highest BCUT2D eigenvalue weighted by Crippen LogP contribution is 2.41. The molecule has 4 rings (SSSR count). The zero-order chi connectivity index (χ0) is 15.8. The van der Waals surface area contributed by atoms with Crippen molar-refractivity contribution in [3.63, 3.8) is 0 Å². The lowest BCUT2D eigenvalue weighted by atomic mass is 9.97. The van der Waals surface area contributed by atoms with Crippen LogP contribution in [0.25, 0.3) is 0 Å². The zero-order valence-electron chi connectivity index (χ0n) is 13.8. The topological polar surface area (TPSA) is 60.9 Å². The summed E-state index contributed by atoms with van der Waals surface area (Å²) in [7, 11) is 2.17. The molecule has 0 unspecified atom stereocenters. The number of aryl methyl sites for hydroxylation is 1. The number of rotatable bonds is 4. The van der Waals surface area contributed by atoms with Gasteiger partial charge in [0, 0.05) is 50.2 Å². The number of nitrogens with zero attached hydrogens (tertiary/aromatic N) is 5. The lowest BCUT2D eigenvalue weighted by Crippen LogP contribution is -2.38. The van der Waals surface area contributed by atoms with Gasteiger partial charge in [-0.05, 0) is 43.7 Å². The molecule has 2 aromatic heterocycles. The quantitative estimate of drug-likeness (QED) is 0.933. The summed E-state index contributed by atoms with van der Waals surface area (Å²) in [5.74, 6) is 2.53. The summed E-state index contributed by atoms with van der Waals surface area (Å²) in [6.45, 7) is 5.49. The monoisotopic (exact) mass is 312 g/mol. The lowest BCUT2D eigenvalue weighted by molar-refractivity contribution is 0.296. The van der Waals surface area contributed by atoms with Gasteiger partial charge in [-0.25, -0.2) is 0 Å². The molecule has 0 radical (unpaired) electrons. The average Bonchev–Trinajstić information content (AvgIpc) is 3.25. The minimum Gasteiger partial charge on any atom is -0.355 e. The Morgan fingerprint density at radius 2 is 2.26 bits per heavy atom. The molecule has 6 heteroatoms. The molecule has 1 N–H and O–H groups in total.